The number of nitrogens with zero attached hydrogens (tertiary/aromatic N) is 2. The van der Waals surface area contributed by atoms with E-state index in [1.54, 1.807) is 0 Å². The predicted octanol–water partition coefficient (Wildman–Crippen LogP) is 3.08. The van der Waals surface area contributed by atoms with Crippen LogP contribution >= 0.6 is 0 Å². The van der Waals surface area contributed by atoms with E-state index in [-0.39, 0.29) is 5.60 Å². The quantitative estimate of drug-likeness (QED) is 0.851. The molecule has 3 heterocycles. The third-order valence-electron chi connectivity index (χ3n) is 4.84. The minimum absolute atomic E-state index is 0.133. The summed E-state index contributed by atoms with van der Waals surface area (Å²) >= 11 is 0. The largest absolute Gasteiger partial charge is 0.374 e. The monoisotopic (exact) mass is 278 g/mol. The summed E-state index contributed by atoms with van der Waals surface area (Å²) in [6, 6.07) is 0. The number of rotatable bonds is 3. The van der Waals surface area contributed by atoms with Crippen LogP contribution in [0, 0.1) is 6.92 Å². The lowest BCUT2D eigenvalue weighted by Crippen LogP contribution is -2.51. The van der Waals surface area contributed by atoms with Gasteiger partial charge < -0.3 is 9.26 Å². The standard InChI is InChI=1S/C16H26N2O2/c1-3-15-14(13(2)20-17-15)11-18-9-6-8-16(12-18)7-4-5-10-19-16/h3-12H2,1-2H3. The molecule has 0 saturated carbocycles. The lowest BCUT2D eigenvalue weighted by molar-refractivity contribution is -0.117. The van der Waals surface area contributed by atoms with Crippen molar-refractivity contribution in [1.82, 2.24) is 10.1 Å². The maximum Gasteiger partial charge on any atom is 0.138 e. The Bertz CT molecular complexity index is 444. The Morgan fingerprint density at radius 3 is 2.85 bits per heavy atom. The van der Waals surface area contributed by atoms with Crippen LogP contribution in [-0.4, -0.2) is 35.4 Å². The first kappa shape index (κ1) is 14.1. The van der Waals surface area contributed by atoms with E-state index in [0.717, 1.165) is 37.6 Å². The number of aromatic nitrogens is 1. The van der Waals surface area contributed by atoms with Crippen molar-refractivity contribution >= 4 is 0 Å². The highest BCUT2D eigenvalue weighted by Gasteiger charge is 2.38. The molecule has 0 amide bonds. The maximum absolute atomic E-state index is 6.16. The van der Waals surface area contributed by atoms with E-state index < -0.39 is 0 Å². The van der Waals surface area contributed by atoms with Crippen LogP contribution in [-0.2, 0) is 17.7 Å². The summed E-state index contributed by atoms with van der Waals surface area (Å²) < 4.78 is 11.5. The van der Waals surface area contributed by atoms with Gasteiger partial charge in [0.1, 0.15) is 5.76 Å². The van der Waals surface area contributed by atoms with E-state index in [1.807, 2.05) is 6.92 Å². The van der Waals surface area contributed by atoms with Crippen molar-refractivity contribution in [3.8, 4) is 0 Å². The van der Waals surface area contributed by atoms with Crippen molar-refractivity contribution in [3.63, 3.8) is 0 Å². The SMILES string of the molecule is CCc1noc(C)c1CN1CCCC2(CCCCO2)C1. The third-order valence-corrected chi connectivity index (χ3v) is 4.84. The fourth-order valence-corrected chi connectivity index (χ4v) is 3.70. The van der Waals surface area contributed by atoms with Gasteiger partial charge in [0, 0.05) is 25.3 Å². The van der Waals surface area contributed by atoms with E-state index in [1.165, 1.54) is 44.2 Å². The fraction of sp³-hybridized carbons (Fsp3) is 0.812. The summed E-state index contributed by atoms with van der Waals surface area (Å²) in [4.78, 5) is 2.54. The summed E-state index contributed by atoms with van der Waals surface area (Å²) in [5.74, 6) is 0.978. The average Bonchev–Trinajstić information content (AvgIpc) is 2.81. The molecule has 2 aliphatic rings. The molecule has 0 radical (unpaired) electrons. The highest BCUT2D eigenvalue weighted by molar-refractivity contribution is 5.22. The normalized spacial score (nSPS) is 28.1. The van der Waals surface area contributed by atoms with Crippen molar-refractivity contribution in [1.29, 1.82) is 0 Å². The Labute approximate surface area is 121 Å². The second kappa shape index (κ2) is 5.86. The second-order valence-corrected chi connectivity index (χ2v) is 6.32. The van der Waals surface area contributed by atoms with Gasteiger partial charge in [-0.1, -0.05) is 12.1 Å². The highest BCUT2D eigenvalue weighted by Crippen LogP contribution is 2.34. The van der Waals surface area contributed by atoms with Crippen molar-refractivity contribution in [2.75, 3.05) is 19.7 Å². The van der Waals surface area contributed by atoms with Crippen molar-refractivity contribution in [2.45, 2.75) is 64.5 Å². The van der Waals surface area contributed by atoms with Gasteiger partial charge >= 0.3 is 0 Å². The van der Waals surface area contributed by atoms with E-state index in [0.29, 0.717) is 0 Å². The molecule has 1 aromatic rings. The van der Waals surface area contributed by atoms with Gasteiger partial charge in [0.05, 0.1) is 11.3 Å². The first-order chi connectivity index (χ1) is 9.72. The van der Waals surface area contributed by atoms with Gasteiger partial charge in [0.2, 0.25) is 0 Å². The van der Waals surface area contributed by atoms with Crippen molar-refractivity contribution < 1.29 is 9.26 Å². The molecule has 2 saturated heterocycles. The van der Waals surface area contributed by atoms with Crippen molar-refractivity contribution in [3.05, 3.63) is 17.0 Å². The van der Waals surface area contributed by atoms with Gasteiger partial charge in [-0.25, -0.2) is 0 Å². The summed E-state index contributed by atoms with van der Waals surface area (Å²) in [7, 11) is 0. The Morgan fingerprint density at radius 2 is 2.10 bits per heavy atom. The molecule has 1 atom stereocenters. The lowest BCUT2D eigenvalue weighted by atomic mass is 9.85. The summed E-state index contributed by atoms with van der Waals surface area (Å²) in [6.45, 7) is 8.31. The number of hydrogen-bond donors (Lipinski definition) is 0. The first-order valence-electron chi connectivity index (χ1n) is 8.03. The van der Waals surface area contributed by atoms with Crippen LogP contribution in [0.2, 0.25) is 0 Å². The van der Waals surface area contributed by atoms with Gasteiger partial charge in [-0.2, -0.15) is 0 Å². The Balaban J connectivity index is 1.69. The minimum atomic E-state index is 0.133. The number of piperidine rings is 1. The Morgan fingerprint density at radius 1 is 1.25 bits per heavy atom. The maximum atomic E-state index is 6.16. The summed E-state index contributed by atoms with van der Waals surface area (Å²) in [5, 5.41) is 4.17. The van der Waals surface area contributed by atoms with Gasteiger partial charge in [-0.05, 0) is 52.0 Å². The smallest absolute Gasteiger partial charge is 0.138 e. The zero-order chi connectivity index (χ0) is 14.0. The number of aryl methyl sites for hydroxylation is 2. The predicted molar refractivity (Wildman–Crippen MR) is 77.7 cm³/mol. The number of likely N-dealkylation sites (tertiary alicyclic amines) is 1. The molecule has 112 valence electrons. The molecule has 1 unspecified atom stereocenters. The molecule has 4 nitrogen and oxygen atoms in total. The van der Waals surface area contributed by atoms with Gasteiger partial charge in [-0.15, -0.1) is 0 Å². The molecule has 0 N–H and O–H groups in total. The molecule has 4 heteroatoms. The van der Waals surface area contributed by atoms with Gasteiger partial charge in [0.25, 0.3) is 0 Å². The van der Waals surface area contributed by atoms with E-state index >= 15 is 0 Å². The first-order valence-corrected chi connectivity index (χ1v) is 8.03. The van der Waals surface area contributed by atoms with Gasteiger partial charge in [-0.3, -0.25) is 4.90 Å². The Hall–Kier alpha value is -0.870. The average molecular weight is 278 g/mol. The molecule has 0 aliphatic carbocycles. The second-order valence-electron chi connectivity index (χ2n) is 6.32. The summed E-state index contributed by atoms with van der Waals surface area (Å²) in [5.41, 5.74) is 2.54. The number of ether oxygens (including phenoxy) is 1. The molecule has 20 heavy (non-hydrogen) atoms. The third kappa shape index (κ3) is 2.77. The van der Waals surface area contributed by atoms with Crippen LogP contribution in [0.15, 0.2) is 4.52 Å². The molecule has 0 aromatic carbocycles. The molecule has 3 rings (SSSR count). The zero-order valence-electron chi connectivity index (χ0n) is 12.8. The molecule has 2 aliphatic heterocycles. The zero-order valence-corrected chi connectivity index (χ0v) is 12.8. The fourth-order valence-electron chi connectivity index (χ4n) is 3.70. The molecule has 2 fully saturated rings. The lowest BCUT2D eigenvalue weighted by Gasteiger charge is -2.45. The molecule has 1 spiro atoms. The van der Waals surface area contributed by atoms with Crippen LogP contribution in [0.5, 0.6) is 0 Å². The molecular weight excluding hydrogens is 252 g/mol. The molecular formula is C16H26N2O2. The van der Waals surface area contributed by atoms with E-state index in [2.05, 4.69) is 17.0 Å². The Kier molecular flexibility index (Phi) is 4.13. The highest BCUT2D eigenvalue weighted by atomic mass is 16.5. The van der Waals surface area contributed by atoms with Gasteiger partial charge in [0.15, 0.2) is 0 Å². The van der Waals surface area contributed by atoms with E-state index in [4.69, 9.17) is 9.26 Å². The number of hydrogen-bond acceptors (Lipinski definition) is 4. The van der Waals surface area contributed by atoms with Crippen LogP contribution < -0.4 is 0 Å². The van der Waals surface area contributed by atoms with Crippen LogP contribution in [0.25, 0.3) is 0 Å². The van der Waals surface area contributed by atoms with E-state index in [9.17, 15) is 0 Å². The molecule has 0 bridgehead atoms. The summed E-state index contributed by atoms with van der Waals surface area (Å²) in [6.07, 6.45) is 7.19. The molecule has 1 aromatic heterocycles. The minimum Gasteiger partial charge on any atom is -0.374 e. The van der Waals surface area contributed by atoms with Crippen LogP contribution in [0.1, 0.15) is 56.0 Å². The van der Waals surface area contributed by atoms with Crippen LogP contribution in [0.3, 0.4) is 0 Å². The van der Waals surface area contributed by atoms with Crippen LogP contribution in [0.4, 0.5) is 0 Å². The topological polar surface area (TPSA) is 38.5 Å². The van der Waals surface area contributed by atoms with Crippen molar-refractivity contribution in [2.24, 2.45) is 0 Å².